The zero-order valence-corrected chi connectivity index (χ0v) is 8.80. The van der Waals surface area contributed by atoms with Gasteiger partial charge in [0, 0.05) is 5.56 Å². The number of benzene rings is 1. The van der Waals surface area contributed by atoms with Gasteiger partial charge in [-0.3, -0.25) is 0 Å². The van der Waals surface area contributed by atoms with Crippen molar-refractivity contribution in [3.05, 3.63) is 29.1 Å². The predicted molar refractivity (Wildman–Crippen MR) is 55.2 cm³/mol. The van der Waals surface area contributed by atoms with Gasteiger partial charge < -0.3 is 10.5 Å². The van der Waals surface area contributed by atoms with Crippen molar-refractivity contribution in [1.82, 2.24) is 0 Å². The lowest BCUT2D eigenvalue weighted by atomic mass is 9.99. The van der Waals surface area contributed by atoms with E-state index in [9.17, 15) is 4.39 Å². The van der Waals surface area contributed by atoms with Gasteiger partial charge in [-0.05, 0) is 37.1 Å². The number of ether oxygens (including phenoxy) is 1. The third kappa shape index (κ3) is 2.04. The zero-order chi connectivity index (χ0) is 10.7. The maximum atomic E-state index is 13.4. The van der Waals surface area contributed by atoms with E-state index < -0.39 is 0 Å². The van der Waals surface area contributed by atoms with Crippen LogP contribution >= 0.6 is 0 Å². The van der Waals surface area contributed by atoms with Crippen molar-refractivity contribution < 1.29 is 9.13 Å². The summed E-state index contributed by atoms with van der Waals surface area (Å²) in [6.45, 7) is 4.17. The van der Waals surface area contributed by atoms with Crippen molar-refractivity contribution in [2.45, 2.75) is 19.8 Å². The van der Waals surface area contributed by atoms with Crippen LogP contribution in [0.5, 0.6) is 5.75 Å². The number of hydrogen-bond donors (Lipinski definition) is 1. The minimum Gasteiger partial charge on any atom is -0.496 e. The molecule has 0 saturated carbocycles. The van der Waals surface area contributed by atoms with Crippen molar-refractivity contribution in [2.24, 2.45) is 5.73 Å². The van der Waals surface area contributed by atoms with E-state index in [0.29, 0.717) is 17.9 Å². The minimum absolute atomic E-state index is 0.152. The lowest BCUT2D eigenvalue weighted by molar-refractivity contribution is 0.406. The summed E-state index contributed by atoms with van der Waals surface area (Å²) in [6.07, 6.45) is 0. The molecule has 0 saturated heterocycles. The molecule has 1 rings (SSSR count). The Hall–Kier alpha value is -1.09. The fourth-order valence-electron chi connectivity index (χ4n) is 1.31. The number of nitrogens with two attached hydrogens (primary N) is 1. The van der Waals surface area contributed by atoms with E-state index in [4.69, 9.17) is 10.5 Å². The third-order valence-electron chi connectivity index (χ3n) is 2.46. The summed E-state index contributed by atoms with van der Waals surface area (Å²) in [6, 6.07) is 3.37. The second-order valence-electron chi connectivity index (χ2n) is 3.47. The average Bonchev–Trinajstić information content (AvgIpc) is 2.20. The Morgan fingerprint density at radius 3 is 2.64 bits per heavy atom. The maximum Gasteiger partial charge on any atom is 0.130 e. The van der Waals surface area contributed by atoms with E-state index >= 15 is 0 Å². The van der Waals surface area contributed by atoms with Crippen LogP contribution in [0.4, 0.5) is 4.39 Å². The van der Waals surface area contributed by atoms with Gasteiger partial charge in [0.15, 0.2) is 0 Å². The zero-order valence-electron chi connectivity index (χ0n) is 8.80. The topological polar surface area (TPSA) is 35.2 Å². The highest BCUT2D eigenvalue weighted by molar-refractivity contribution is 5.39. The van der Waals surface area contributed by atoms with Crippen molar-refractivity contribution in [1.29, 1.82) is 0 Å². The smallest absolute Gasteiger partial charge is 0.130 e. The van der Waals surface area contributed by atoms with Crippen molar-refractivity contribution in [3.63, 3.8) is 0 Å². The summed E-state index contributed by atoms with van der Waals surface area (Å²) in [4.78, 5) is 0. The Morgan fingerprint density at radius 2 is 2.14 bits per heavy atom. The molecule has 0 aliphatic rings. The van der Waals surface area contributed by atoms with Gasteiger partial charge in [0.2, 0.25) is 0 Å². The van der Waals surface area contributed by atoms with Gasteiger partial charge in [-0.15, -0.1) is 0 Å². The molecule has 0 amide bonds. The first-order valence-electron chi connectivity index (χ1n) is 4.64. The van der Waals surface area contributed by atoms with Crippen LogP contribution in [0.25, 0.3) is 0 Å². The maximum absolute atomic E-state index is 13.4. The summed E-state index contributed by atoms with van der Waals surface area (Å²) < 4.78 is 18.5. The lowest BCUT2D eigenvalue weighted by Crippen LogP contribution is -2.09. The van der Waals surface area contributed by atoms with E-state index in [-0.39, 0.29) is 11.7 Å². The highest BCUT2D eigenvalue weighted by Crippen LogP contribution is 2.26. The van der Waals surface area contributed by atoms with Crippen LogP contribution in [0.2, 0.25) is 0 Å². The first-order valence-corrected chi connectivity index (χ1v) is 4.64. The standard InChI is InChI=1S/C11H16FNO/c1-7(6-13)9-4-10(12)8(2)11(5-9)14-3/h4-5,7H,6,13H2,1-3H3. The molecule has 1 aromatic carbocycles. The molecule has 0 spiro atoms. The average molecular weight is 197 g/mol. The molecule has 0 radical (unpaired) electrons. The summed E-state index contributed by atoms with van der Waals surface area (Å²) in [5, 5.41) is 0. The van der Waals surface area contributed by atoms with Gasteiger partial charge in [-0.2, -0.15) is 0 Å². The fraction of sp³-hybridized carbons (Fsp3) is 0.455. The number of halogens is 1. The molecule has 14 heavy (non-hydrogen) atoms. The molecule has 0 heterocycles. The molecule has 0 aliphatic carbocycles. The fourth-order valence-corrected chi connectivity index (χ4v) is 1.31. The van der Waals surface area contributed by atoms with Crippen molar-refractivity contribution in [3.8, 4) is 5.75 Å². The molecule has 2 N–H and O–H groups in total. The molecule has 1 atom stereocenters. The molecule has 0 aromatic heterocycles. The van der Waals surface area contributed by atoms with Crippen LogP contribution in [0.3, 0.4) is 0 Å². The van der Waals surface area contributed by atoms with E-state index in [1.165, 1.54) is 6.07 Å². The molecule has 78 valence electrons. The first kappa shape index (κ1) is 11.0. The van der Waals surface area contributed by atoms with Gasteiger partial charge in [0.25, 0.3) is 0 Å². The van der Waals surface area contributed by atoms with E-state index in [1.807, 2.05) is 13.0 Å². The molecule has 2 nitrogen and oxygen atoms in total. The summed E-state index contributed by atoms with van der Waals surface area (Å²) in [7, 11) is 1.54. The Kier molecular flexibility index (Phi) is 3.47. The van der Waals surface area contributed by atoms with Crippen LogP contribution in [-0.4, -0.2) is 13.7 Å². The Labute approximate surface area is 83.9 Å². The third-order valence-corrected chi connectivity index (χ3v) is 2.46. The van der Waals surface area contributed by atoms with Gasteiger partial charge in [0.1, 0.15) is 11.6 Å². The highest BCUT2D eigenvalue weighted by atomic mass is 19.1. The quantitative estimate of drug-likeness (QED) is 0.806. The van der Waals surface area contributed by atoms with Crippen LogP contribution < -0.4 is 10.5 Å². The van der Waals surface area contributed by atoms with Gasteiger partial charge >= 0.3 is 0 Å². The second-order valence-corrected chi connectivity index (χ2v) is 3.47. The highest BCUT2D eigenvalue weighted by Gasteiger charge is 2.10. The molecule has 0 fully saturated rings. The predicted octanol–water partition coefficient (Wildman–Crippen LogP) is 2.20. The van der Waals surface area contributed by atoms with Crippen molar-refractivity contribution in [2.75, 3.05) is 13.7 Å². The van der Waals surface area contributed by atoms with E-state index in [2.05, 4.69) is 0 Å². The monoisotopic (exact) mass is 197 g/mol. The summed E-state index contributed by atoms with van der Waals surface area (Å²) >= 11 is 0. The lowest BCUT2D eigenvalue weighted by Gasteiger charge is -2.13. The van der Waals surface area contributed by atoms with Gasteiger partial charge in [-0.25, -0.2) is 4.39 Å². The van der Waals surface area contributed by atoms with Crippen LogP contribution in [0.1, 0.15) is 24.0 Å². The summed E-state index contributed by atoms with van der Waals surface area (Å²) in [5.41, 5.74) is 6.94. The number of methoxy groups -OCH3 is 1. The molecule has 0 aliphatic heterocycles. The largest absolute Gasteiger partial charge is 0.496 e. The normalized spacial score (nSPS) is 12.6. The minimum atomic E-state index is -0.236. The second kappa shape index (κ2) is 4.42. The first-order chi connectivity index (χ1) is 6.60. The van der Waals surface area contributed by atoms with E-state index in [1.54, 1.807) is 14.0 Å². The van der Waals surface area contributed by atoms with Gasteiger partial charge in [0.05, 0.1) is 7.11 Å². The molecular formula is C11H16FNO. The van der Waals surface area contributed by atoms with Crippen LogP contribution in [0.15, 0.2) is 12.1 Å². The number of hydrogen-bond acceptors (Lipinski definition) is 2. The van der Waals surface area contributed by atoms with Gasteiger partial charge in [-0.1, -0.05) is 6.92 Å². The molecular weight excluding hydrogens is 181 g/mol. The SMILES string of the molecule is COc1cc(C(C)CN)cc(F)c1C. The Morgan fingerprint density at radius 1 is 1.50 bits per heavy atom. The Bertz CT molecular complexity index is 325. The number of rotatable bonds is 3. The Balaban J connectivity index is 3.16. The molecule has 0 bridgehead atoms. The molecule has 3 heteroatoms. The summed E-state index contributed by atoms with van der Waals surface area (Å²) in [5.74, 6) is 0.499. The van der Waals surface area contributed by atoms with E-state index in [0.717, 1.165) is 5.56 Å². The molecule has 1 aromatic rings. The molecule has 1 unspecified atom stereocenters. The van der Waals surface area contributed by atoms with Crippen molar-refractivity contribution >= 4 is 0 Å². The van der Waals surface area contributed by atoms with Crippen LogP contribution in [0, 0.1) is 12.7 Å². The van der Waals surface area contributed by atoms with Crippen LogP contribution in [-0.2, 0) is 0 Å².